The number of halogens is 4. The van der Waals surface area contributed by atoms with Crippen molar-refractivity contribution in [3.05, 3.63) is 99.3 Å². The van der Waals surface area contributed by atoms with Gasteiger partial charge in [-0.3, -0.25) is 9.69 Å². The number of benzene rings is 2. The molecule has 1 aliphatic heterocycles. The van der Waals surface area contributed by atoms with Crippen LogP contribution in [0.15, 0.2) is 60.8 Å². The number of pyridine rings is 1. The molecule has 178 valence electrons. The van der Waals surface area contributed by atoms with E-state index in [4.69, 9.17) is 27.9 Å². The zero-order chi connectivity index (χ0) is 24.1. The number of piperazine rings is 1. The summed E-state index contributed by atoms with van der Waals surface area (Å²) in [4.78, 5) is 20.7. The minimum atomic E-state index is -0.643. The molecule has 2 aromatic carbocycles. The zero-order valence-electron chi connectivity index (χ0n) is 18.3. The molecular weight excluding hydrogens is 483 g/mol. The van der Waals surface area contributed by atoms with Gasteiger partial charge in [0.05, 0.1) is 18.3 Å². The Kier molecular flexibility index (Phi) is 8.11. The summed E-state index contributed by atoms with van der Waals surface area (Å²) < 4.78 is 34.2. The molecule has 0 N–H and O–H groups in total. The fourth-order valence-corrected chi connectivity index (χ4v) is 4.20. The van der Waals surface area contributed by atoms with Gasteiger partial charge in [0.2, 0.25) is 0 Å². The maximum atomic E-state index is 14.1. The smallest absolute Gasteiger partial charge is 0.257 e. The average molecular weight is 506 g/mol. The molecule has 0 radical (unpaired) electrons. The predicted molar refractivity (Wildman–Crippen MR) is 127 cm³/mol. The van der Waals surface area contributed by atoms with Gasteiger partial charge >= 0.3 is 0 Å². The van der Waals surface area contributed by atoms with Crippen LogP contribution in [0.1, 0.15) is 27.6 Å². The fourth-order valence-electron chi connectivity index (χ4n) is 3.87. The summed E-state index contributed by atoms with van der Waals surface area (Å²) in [5.41, 5.74) is 1.12. The van der Waals surface area contributed by atoms with Crippen LogP contribution in [-0.4, -0.2) is 53.4 Å². The molecule has 1 atom stereocenters. The standard InChI is InChI=1S/C25H23Cl2F2N3O2/c26-18-8-6-17(7-9-18)23(34-16-20-21(28)4-1-5-22(20)29)15-31-11-13-32(14-12-31)25(33)19-3-2-10-30-24(19)27/h1-10,23H,11-16H2. The topological polar surface area (TPSA) is 45.7 Å². The second kappa shape index (κ2) is 11.2. The van der Waals surface area contributed by atoms with Crippen LogP contribution in [0.4, 0.5) is 8.78 Å². The van der Waals surface area contributed by atoms with Gasteiger partial charge in [0, 0.05) is 49.5 Å². The number of carbonyl (C=O) groups is 1. The molecule has 1 aromatic heterocycles. The van der Waals surface area contributed by atoms with Crippen LogP contribution in [0.25, 0.3) is 0 Å². The Bertz CT molecular complexity index is 1120. The number of amides is 1. The molecule has 0 aliphatic carbocycles. The highest BCUT2D eigenvalue weighted by Gasteiger charge is 2.26. The van der Waals surface area contributed by atoms with Crippen LogP contribution in [0.2, 0.25) is 10.2 Å². The summed E-state index contributed by atoms with van der Waals surface area (Å²) in [6.45, 7) is 2.55. The number of carbonyl (C=O) groups excluding carboxylic acids is 1. The third-order valence-corrected chi connectivity index (χ3v) is 6.36. The number of hydrogen-bond donors (Lipinski definition) is 0. The van der Waals surface area contributed by atoms with Gasteiger partial charge in [-0.05, 0) is 42.0 Å². The van der Waals surface area contributed by atoms with Crippen molar-refractivity contribution < 1.29 is 18.3 Å². The number of nitrogens with zero attached hydrogens (tertiary/aromatic N) is 3. The largest absolute Gasteiger partial charge is 0.367 e. The van der Waals surface area contributed by atoms with Crippen LogP contribution in [0.5, 0.6) is 0 Å². The molecule has 3 aromatic rings. The molecule has 5 nitrogen and oxygen atoms in total. The normalized spacial score (nSPS) is 15.4. The second-order valence-corrected chi connectivity index (χ2v) is 8.78. The molecule has 0 saturated carbocycles. The molecule has 9 heteroatoms. The van der Waals surface area contributed by atoms with E-state index in [-0.39, 0.29) is 23.2 Å². The van der Waals surface area contributed by atoms with Gasteiger partial charge in [0.15, 0.2) is 0 Å². The van der Waals surface area contributed by atoms with Gasteiger partial charge in [-0.25, -0.2) is 13.8 Å². The Balaban J connectivity index is 1.42. The van der Waals surface area contributed by atoms with E-state index in [1.54, 1.807) is 35.4 Å². The summed E-state index contributed by atoms with van der Waals surface area (Å²) in [6, 6.07) is 14.3. The van der Waals surface area contributed by atoms with Crippen LogP contribution >= 0.6 is 23.2 Å². The van der Waals surface area contributed by atoms with Gasteiger partial charge < -0.3 is 9.64 Å². The summed E-state index contributed by atoms with van der Waals surface area (Å²) >= 11 is 12.1. The van der Waals surface area contributed by atoms with E-state index in [0.29, 0.717) is 43.3 Å². The van der Waals surface area contributed by atoms with E-state index in [9.17, 15) is 13.6 Å². The Morgan fingerprint density at radius 1 is 0.971 bits per heavy atom. The molecule has 0 bridgehead atoms. The number of hydrogen-bond acceptors (Lipinski definition) is 4. The van der Waals surface area contributed by atoms with Crippen molar-refractivity contribution in [2.75, 3.05) is 32.7 Å². The van der Waals surface area contributed by atoms with Gasteiger partial charge in [-0.15, -0.1) is 0 Å². The first-order chi connectivity index (χ1) is 16.4. The van der Waals surface area contributed by atoms with E-state index >= 15 is 0 Å². The Hall–Kier alpha value is -2.58. The molecule has 1 unspecified atom stereocenters. The minimum Gasteiger partial charge on any atom is -0.367 e. The average Bonchev–Trinajstić information content (AvgIpc) is 2.84. The van der Waals surface area contributed by atoms with Gasteiger partial charge in [0.25, 0.3) is 5.91 Å². The minimum absolute atomic E-state index is 0.106. The fraction of sp³-hybridized carbons (Fsp3) is 0.280. The highest BCUT2D eigenvalue weighted by molar-refractivity contribution is 6.32. The number of ether oxygens (including phenoxy) is 1. The summed E-state index contributed by atoms with van der Waals surface area (Å²) in [6.07, 6.45) is 1.10. The van der Waals surface area contributed by atoms with Crippen molar-refractivity contribution in [2.24, 2.45) is 0 Å². The lowest BCUT2D eigenvalue weighted by Crippen LogP contribution is -2.49. The van der Waals surface area contributed by atoms with E-state index in [1.165, 1.54) is 18.2 Å². The third kappa shape index (κ3) is 5.91. The van der Waals surface area contributed by atoms with Crippen LogP contribution < -0.4 is 0 Å². The molecule has 1 aliphatic rings. The van der Waals surface area contributed by atoms with E-state index in [2.05, 4.69) is 9.88 Å². The highest BCUT2D eigenvalue weighted by atomic mass is 35.5. The summed E-state index contributed by atoms with van der Waals surface area (Å²) in [7, 11) is 0. The molecule has 34 heavy (non-hydrogen) atoms. The second-order valence-electron chi connectivity index (χ2n) is 7.99. The van der Waals surface area contributed by atoms with Gasteiger partial charge in [-0.1, -0.05) is 41.4 Å². The molecular formula is C25H23Cl2F2N3O2. The van der Waals surface area contributed by atoms with Crippen molar-refractivity contribution in [3.63, 3.8) is 0 Å². The summed E-state index contributed by atoms with van der Waals surface area (Å²) in [5.74, 6) is -1.44. The van der Waals surface area contributed by atoms with Crippen molar-refractivity contribution in [2.45, 2.75) is 12.7 Å². The monoisotopic (exact) mass is 505 g/mol. The Morgan fingerprint density at radius 3 is 2.29 bits per heavy atom. The molecule has 1 fully saturated rings. The SMILES string of the molecule is O=C(c1cccnc1Cl)N1CCN(CC(OCc2c(F)cccc2F)c2ccc(Cl)cc2)CC1. The first kappa shape index (κ1) is 24.5. The quantitative estimate of drug-likeness (QED) is 0.404. The van der Waals surface area contributed by atoms with Crippen LogP contribution in [0.3, 0.4) is 0 Å². The van der Waals surface area contributed by atoms with E-state index < -0.39 is 17.7 Å². The first-order valence-corrected chi connectivity index (χ1v) is 11.6. The van der Waals surface area contributed by atoms with Crippen molar-refractivity contribution in [3.8, 4) is 0 Å². The molecule has 1 amide bonds. The zero-order valence-corrected chi connectivity index (χ0v) is 19.8. The number of rotatable bonds is 7. The predicted octanol–water partition coefficient (Wildman–Crippen LogP) is 5.38. The van der Waals surface area contributed by atoms with Crippen LogP contribution in [-0.2, 0) is 11.3 Å². The molecule has 2 heterocycles. The Morgan fingerprint density at radius 2 is 1.65 bits per heavy atom. The lowest BCUT2D eigenvalue weighted by atomic mass is 10.1. The van der Waals surface area contributed by atoms with Crippen molar-refractivity contribution in [1.82, 2.24) is 14.8 Å². The Labute approximate surface area is 206 Å². The van der Waals surface area contributed by atoms with E-state index in [1.807, 2.05) is 12.1 Å². The lowest BCUT2D eigenvalue weighted by Gasteiger charge is -2.36. The number of aromatic nitrogens is 1. The summed E-state index contributed by atoms with van der Waals surface area (Å²) in [5, 5.41) is 0.773. The third-order valence-electron chi connectivity index (χ3n) is 5.81. The highest BCUT2D eigenvalue weighted by Crippen LogP contribution is 2.25. The molecule has 0 spiro atoms. The molecule has 1 saturated heterocycles. The van der Waals surface area contributed by atoms with Gasteiger partial charge in [-0.2, -0.15) is 0 Å². The lowest BCUT2D eigenvalue weighted by molar-refractivity contribution is 0.00144. The maximum absolute atomic E-state index is 14.1. The molecule has 4 rings (SSSR count). The van der Waals surface area contributed by atoms with Crippen molar-refractivity contribution in [1.29, 1.82) is 0 Å². The maximum Gasteiger partial charge on any atom is 0.257 e. The van der Waals surface area contributed by atoms with Gasteiger partial charge in [0.1, 0.15) is 16.8 Å². The van der Waals surface area contributed by atoms with Crippen molar-refractivity contribution >= 4 is 29.1 Å². The van der Waals surface area contributed by atoms with E-state index in [0.717, 1.165) is 5.56 Å². The van der Waals surface area contributed by atoms with Crippen LogP contribution in [0, 0.1) is 11.6 Å². The first-order valence-electron chi connectivity index (χ1n) is 10.8.